The summed E-state index contributed by atoms with van der Waals surface area (Å²) in [6.45, 7) is 6.04. The molecule has 114 valence electrons. The fraction of sp³-hybridized carbons (Fsp3) is 0.438. The fourth-order valence-corrected chi connectivity index (χ4v) is 3.17. The summed E-state index contributed by atoms with van der Waals surface area (Å²) in [5.41, 5.74) is 2.35. The van der Waals surface area contributed by atoms with E-state index in [1.807, 2.05) is 10.7 Å². The third-order valence-corrected chi connectivity index (χ3v) is 4.22. The van der Waals surface area contributed by atoms with Crippen molar-refractivity contribution in [2.24, 2.45) is 0 Å². The zero-order valence-electron chi connectivity index (χ0n) is 12.4. The second kappa shape index (κ2) is 7.97. The van der Waals surface area contributed by atoms with Crippen molar-refractivity contribution in [2.45, 2.75) is 39.3 Å². The minimum absolute atomic E-state index is 0.175. The van der Waals surface area contributed by atoms with Gasteiger partial charge in [0.1, 0.15) is 0 Å². The van der Waals surface area contributed by atoms with Crippen molar-refractivity contribution in [3.63, 3.8) is 0 Å². The van der Waals surface area contributed by atoms with Crippen LogP contribution < -0.4 is 5.32 Å². The van der Waals surface area contributed by atoms with Gasteiger partial charge in [0.05, 0.1) is 23.0 Å². The summed E-state index contributed by atoms with van der Waals surface area (Å²) < 4.78 is 3.08. The van der Waals surface area contributed by atoms with Crippen LogP contribution in [0.4, 0.5) is 0 Å². The molecule has 0 aliphatic carbocycles. The predicted molar refractivity (Wildman–Crippen MR) is 91.8 cm³/mol. The first-order valence-electron chi connectivity index (χ1n) is 7.34. The van der Waals surface area contributed by atoms with Gasteiger partial charge < -0.3 is 5.32 Å². The SMILES string of the molecule is CCCNC(Cc1cccc(Br)c1)c1c(Cl)cnn1CC. The third kappa shape index (κ3) is 4.31. The van der Waals surface area contributed by atoms with Gasteiger partial charge in [0.2, 0.25) is 0 Å². The monoisotopic (exact) mass is 369 g/mol. The van der Waals surface area contributed by atoms with E-state index in [0.29, 0.717) is 0 Å². The lowest BCUT2D eigenvalue weighted by Gasteiger charge is -2.20. The van der Waals surface area contributed by atoms with Crippen molar-refractivity contribution in [2.75, 3.05) is 6.54 Å². The minimum atomic E-state index is 0.175. The quantitative estimate of drug-likeness (QED) is 0.772. The van der Waals surface area contributed by atoms with Crippen LogP contribution in [0.2, 0.25) is 5.02 Å². The van der Waals surface area contributed by atoms with Crippen LogP contribution in [0, 0.1) is 0 Å². The molecular formula is C16H21BrClN3. The van der Waals surface area contributed by atoms with Crippen LogP contribution in [0.15, 0.2) is 34.9 Å². The van der Waals surface area contributed by atoms with Crippen LogP contribution in [0.25, 0.3) is 0 Å². The summed E-state index contributed by atoms with van der Waals surface area (Å²) in [4.78, 5) is 0. The van der Waals surface area contributed by atoms with E-state index >= 15 is 0 Å². The first-order valence-corrected chi connectivity index (χ1v) is 8.51. The van der Waals surface area contributed by atoms with Gasteiger partial charge in [-0.2, -0.15) is 5.10 Å². The van der Waals surface area contributed by atoms with Crippen molar-refractivity contribution in [1.82, 2.24) is 15.1 Å². The molecule has 2 aromatic rings. The van der Waals surface area contributed by atoms with Crippen molar-refractivity contribution in [1.29, 1.82) is 0 Å². The fourth-order valence-electron chi connectivity index (χ4n) is 2.45. The number of hydrogen-bond donors (Lipinski definition) is 1. The Bertz CT molecular complexity index is 583. The topological polar surface area (TPSA) is 29.9 Å². The maximum Gasteiger partial charge on any atom is 0.0834 e. The third-order valence-electron chi connectivity index (χ3n) is 3.43. The molecule has 21 heavy (non-hydrogen) atoms. The van der Waals surface area contributed by atoms with Crippen LogP contribution in [-0.2, 0) is 13.0 Å². The normalized spacial score (nSPS) is 12.6. The molecule has 1 atom stereocenters. The van der Waals surface area contributed by atoms with Gasteiger partial charge in [0.25, 0.3) is 0 Å². The molecular weight excluding hydrogens is 350 g/mol. The molecule has 0 saturated heterocycles. The molecule has 0 aliphatic heterocycles. The molecule has 0 saturated carbocycles. The first kappa shape index (κ1) is 16.5. The standard InChI is InChI=1S/C16H21BrClN3/c1-3-8-19-15(10-12-6-5-7-13(17)9-12)16-14(18)11-20-21(16)4-2/h5-7,9,11,15,19H,3-4,8,10H2,1-2H3. The van der Waals surface area contributed by atoms with E-state index in [2.05, 4.69) is 58.4 Å². The molecule has 0 aliphatic rings. The van der Waals surface area contributed by atoms with E-state index < -0.39 is 0 Å². The second-order valence-corrected chi connectivity index (χ2v) is 6.36. The molecule has 1 heterocycles. The average molecular weight is 371 g/mol. The zero-order chi connectivity index (χ0) is 15.2. The number of halogens is 2. The van der Waals surface area contributed by atoms with Gasteiger partial charge in [-0.25, -0.2) is 0 Å². The molecule has 0 radical (unpaired) electrons. The maximum atomic E-state index is 6.36. The van der Waals surface area contributed by atoms with Crippen LogP contribution in [0.1, 0.15) is 37.6 Å². The number of benzene rings is 1. The van der Waals surface area contributed by atoms with Crippen LogP contribution in [0.5, 0.6) is 0 Å². The Morgan fingerprint density at radius 3 is 2.86 bits per heavy atom. The highest BCUT2D eigenvalue weighted by atomic mass is 79.9. The van der Waals surface area contributed by atoms with E-state index in [1.54, 1.807) is 6.20 Å². The predicted octanol–water partition coefficient (Wildman–Crippen LogP) is 4.60. The number of nitrogens with zero attached hydrogens (tertiary/aromatic N) is 2. The number of nitrogens with one attached hydrogen (secondary N) is 1. The van der Waals surface area contributed by atoms with Gasteiger partial charge in [-0.1, -0.05) is 46.6 Å². The van der Waals surface area contributed by atoms with E-state index in [-0.39, 0.29) is 6.04 Å². The molecule has 1 aromatic carbocycles. The number of aryl methyl sites for hydroxylation is 1. The molecule has 1 N–H and O–H groups in total. The summed E-state index contributed by atoms with van der Waals surface area (Å²) in [7, 11) is 0. The molecule has 5 heteroatoms. The summed E-state index contributed by atoms with van der Waals surface area (Å²) in [5, 5.41) is 8.69. The highest BCUT2D eigenvalue weighted by Crippen LogP contribution is 2.26. The van der Waals surface area contributed by atoms with Crippen LogP contribution in [-0.4, -0.2) is 16.3 Å². The number of rotatable bonds is 7. The lowest BCUT2D eigenvalue weighted by Crippen LogP contribution is -2.27. The van der Waals surface area contributed by atoms with Crippen LogP contribution >= 0.6 is 27.5 Å². The Labute approximate surface area is 139 Å². The van der Waals surface area contributed by atoms with Gasteiger partial charge in [0, 0.05) is 11.0 Å². The Morgan fingerprint density at radius 2 is 2.19 bits per heavy atom. The largest absolute Gasteiger partial charge is 0.308 e. The van der Waals surface area contributed by atoms with Crippen molar-refractivity contribution < 1.29 is 0 Å². The molecule has 3 nitrogen and oxygen atoms in total. The highest BCUT2D eigenvalue weighted by molar-refractivity contribution is 9.10. The Kier molecular flexibility index (Phi) is 6.27. The highest BCUT2D eigenvalue weighted by Gasteiger charge is 2.20. The molecule has 1 unspecified atom stereocenters. The lowest BCUT2D eigenvalue weighted by atomic mass is 10.0. The Hall–Kier alpha value is -0.840. The van der Waals surface area contributed by atoms with Gasteiger partial charge in [-0.15, -0.1) is 0 Å². The number of aromatic nitrogens is 2. The minimum Gasteiger partial charge on any atom is -0.308 e. The van der Waals surface area contributed by atoms with Crippen molar-refractivity contribution >= 4 is 27.5 Å². The summed E-state index contributed by atoms with van der Waals surface area (Å²) in [6, 6.07) is 8.58. The number of hydrogen-bond acceptors (Lipinski definition) is 2. The van der Waals surface area contributed by atoms with Gasteiger partial charge in [-0.05, 0) is 44.0 Å². The van der Waals surface area contributed by atoms with Gasteiger partial charge in [0.15, 0.2) is 0 Å². The lowest BCUT2D eigenvalue weighted by molar-refractivity contribution is 0.479. The molecule has 0 amide bonds. The maximum absolute atomic E-state index is 6.36. The Morgan fingerprint density at radius 1 is 1.38 bits per heavy atom. The van der Waals surface area contributed by atoms with E-state index in [0.717, 1.165) is 41.1 Å². The van der Waals surface area contributed by atoms with Crippen molar-refractivity contribution in [3.8, 4) is 0 Å². The van der Waals surface area contributed by atoms with E-state index in [9.17, 15) is 0 Å². The molecule has 2 rings (SSSR count). The molecule has 1 aromatic heterocycles. The average Bonchev–Trinajstić information content (AvgIpc) is 2.84. The molecule has 0 bridgehead atoms. The van der Waals surface area contributed by atoms with Gasteiger partial charge in [-0.3, -0.25) is 4.68 Å². The second-order valence-electron chi connectivity index (χ2n) is 5.03. The molecule has 0 fully saturated rings. The Balaban J connectivity index is 2.27. The molecule has 0 spiro atoms. The van der Waals surface area contributed by atoms with E-state index in [1.165, 1.54) is 5.56 Å². The zero-order valence-corrected chi connectivity index (χ0v) is 14.8. The van der Waals surface area contributed by atoms with E-state index in [4.69, 9.17) is 11.6 Å². The smallest absolute Gasteiger partial charge is 0.0834 e. The van der Waals surface area contributed by atoms with Crippen molar-refractivity contribution in [3.05, 3.63) is 51.2 Å². The summed E-state index contributed by atoms with van der Waals surface area (Å²) in [6.07, 6.45) is 3.72. The van der Waals surface area contributed by atoms with Crippen LogP contribution in [0.3, 0.4) is 0 Å². The van der Waals surface area contributed by atoms with Gasteiger partial charge >= 0.3 is 0 Å². The first-order chi connectivity index (χ1) is 10.2. The summed E-state index contributed by atoms with van der Waals surface area (Å²) >= 11 is 9.89. The summed E-state index contributed by atoms with van der Waals surface area (Å²) in [5.74, 6) is 0.